The summed E-state index contributed by atoms with van der Waals surface area (Å²) in [6.45, 7) is 10.4. The molecule has 5 rings (SSSR count). The van der Waals surface area contributed by atoms with E-state index in [-0.39, 0.29) is 22.6 Å². The van der Waals surface area contributed by atoms with E-state index >= 15 is 0 Å². The lowest BCUT2D eigenvalue weighted by molar-refractivity contribution is -0.301. The lowest BCUT2D eigenvalue weighted by Gasteiger charge is -2.37. The Labute approximate surface area is 253 Å². The lowest BCUT2D eigenvalue weighted by atomic mass is 9.77. The zero-order chi connectivity index (χ0) is 29.9. The lowest BCUT2D eigenvalue weighted by Crippen LogP contribution is -2.33. The van der Waals surface area contributed by atoms with Crippen LogP contribution >= 0.6 is 31.9 Å². The highest BCUT2D eigenvalue weighted by Crippen LogP contribution is 2.57. The van der Waals surface area contributed by atoms with Crippen LogP contribution in [0.2, 0.25) is 0 Å². The summed E-state index contributed by atoms with van der Waals surface area (Å²) in [7, 11) is 0. The highest BCUT2D eigenvalue weighted by molar-refractivity contribution is 9.10. The van der Waals surface area contributed by atoms with Crippen molar-refractivity contribution in [2.45, 2.75) is 58.3 Å². The van der Waals surface area contributed by atoms with Gasteiger partial charge in [0.2, 0.25) is 0 Å². The van der Waals surface area contributed by atoms with Gasteiger partial charge in [0.05, 0.1) is 16.7 Å². The molecular formula is C30H26Br2O9. The van der Waals surface area contributed by atoms with Gasteiger partial charge in [0.1, 0.15) is 22.7 Å². The second kappa shape index (κ2) is 10.2. The fourth-order valence-corrected chi connectivity index (χ4v) is 5.45. The van der Waals surface area contributed by atoms with Crippen molar-refractivity contribution in [3.63, 3.8) is 0 Å². The predicted molar refractivity (Wildman–Crippen MR) is 153 cm³/mol. The number of carbonyl (C=O) groups excluding carboxylic acids is 3. The molecule has 0 aliphatic carbocycles. The Morgan fingerprint density at radius 1 is 0.732 bits per heavy atom. The van der Waals surface area contributed by atoms with Gasteiger partial charge in [0, 0.05) is 25.6 Å². The Hall–Kier alpha value is -3.25. The van der Waals surface area contributed by atoms with Crippen LogP contribution in [0.4, 0.5) is 0 Å². The molecule has 1 spiro atoms. The van der Waals surface area contributed by atoms with Gasteiger partial charge in [-0.15, -0.1) is 0 Å². The summed E-state index contributed by atoms with van der Waals surface area (Å²) in [5, 5.41) is 0. The third-order valence-electron chi connectivity index (χ3n) is 6.06. The topological polar surface area (TPSA) is 107 Å². The molecular weight excluding hydrogens is 664 g/mol. The Bertz CT molecular complexity index is 1510. The van der Waals surface area contributed by atoms with Crippen LogP contribution in [-0.4, -0.2) is 29.1 Å². The number of hydrogen-bond acceptors (Lipinski definition) is 9. The molecule has 3 aromatic rings. The molecule has 214 valence electrons. The van der Waals surface area contributed by atoms with Crippen molar-refractivity contribution >= 4 is 49.8 Å². The maximum atomic E-state index is 13.2. The molecule has 0 bridgehead atoms. The van der Waals surface area contributed by atoms with E-state index in [4.69, 9.17) is 29.0 Å². The normalized spacial score (nSPS) is 14.9. The average Bonchev–Trinajstić information content (AvgIpc) is 3.18. The Morgan fingerprint density at radius 2 is 1.20 bits per heavy atom. The van der Waals surface area contributed by atoms with Crippen molar-refractivity contribution in [1.82, 2.24) is 0 Å². The first kappa shape index (κ1) is 29.2. The van der Waals surface area contributed by atoms with Gasteiger partial charge in [-0.1, -0.05) is 18.2 Å². The van der Waals surface area contributed by atoms with Crippen LogP contribution in [0.3, 0.4) is 0 Å². The van der Waals surface area contributed by atoms with E-state index in [2.05, 4.69) is 31.9 Å². The van der Waals surface area contributed by atoms with Crippen LogP contribution in [0.15, 0.2) is 57.5 Å². The summed E-state index contributed by atoms with van der Waals surface area (Å²) in [6, 6.07) is 13.2. The number of carbonyl (C=O) groups is 3. The van der Waals surface area contributed by atoms with Crippen LogP contribution in [0.25, 0.3) is 0 Å². The second-order valence-corrected chi connectivity index (χ2v) is 13.2. The molecule has 0 amide bonds. The van der Waals surface area contributed by atoms with Crippen molar-refractivity contribution in [3.8, 4) is 11.5 Å². The minimum atomic E-state index is -1.45. The highest BCUT2D eigenvalue weighted by Gasteiger charge is 2.54. The molecule has 0 aromatic heterocycles. The van der Waals surface area contributed by atoms with Gasteiger partial charge in [0.15, 0.2) is 5.60 Å². The maximum Gasteiger partial charge on any atom is 0.374 e. The Morgan fingerprint density at radius 3 is 1.66 bits per heavy atom. The standard InChI is InChI=1S/C30H26Br2O9/c1-28(2,3)40-38-26(34)16-11-23-19(13-21(16)31)30(18-10-8-7-9-15(18)25(33)37-30)20-14-22(32)17(12-24(20)36-23)27(35)39-41-29(4,5)6/h7-14H,1-6H3. The van der Waals surface area contributed by atoms with Crippen molar-refractivity contribution in [2.24, 2.45) is 0 Å². The van der Waals surface area contributed by atoms with E-state index in [1.807, 2.05) is 0 Å². The Kier molecular flexibility index (Phi) is 7.30. The third-order valence-corrected chi connectivity index (χ3v) is 7.38. The average molecular weight is 690 g/mol. The van der Waals surface area contributed by atoms with Gasteiger partial charge in [-0.05, 0) is 104 Å². The van der Waals surface area contributed by atoms with Gasteiger partial charge < -0.3 is 9.47 Å². The minimum absolute atomic E-state index is 0.111. The first-order valence-corrected chi connectivity index (χ1v) is 14.2. The Balaban J connectivity index is 1.68. The number of fused-ring (bicyclic) bond motifs is 6. The number of esters is 1. The summed E-state index contributed by atoms with van der Waals surface area (Å²) < 4.78 is 13.2. The first-order chi connectivity index (χ1) is 19.1. The molecule has 0 N–H and O–H groups in total. The smallest absolute Gasteiger partial charge is 0.374 e. The van der Waals surface area contributed by atoms with Crippen LogP contribution < -0.4 is 4.74 Å². The summed E-state index contributed by atoms with van der Waals surface area (Å²) in [6.07, 6.45) is 0. The monoisotopic (exact) mass is 688 g/mol. The fraction of sp³-hybridized carbons (Fsp3) is 0.300. The number of hydrogen-bond donors (Lipinski definition) is 0. The number of ether oxygens (including phenoxy) is 2. The molecule has 2 heterocycles. The SMILES string of the molecule is CC(C)(C)OOC(=O)c1cc2c(cc1Br)C1(OC(=O)c3ccccc31)c1cc(Br)c(C(=O)OOC(C)(C)C)cc1O2. The summed E-state index contributed by atoms with van der Waals surface area (Å²) in [5.74, 6) is -1.64. The molecule has 0 saturated heterocycles. The molecule has 11 heteroatoms. The van der Waals surface area contributed by atoms with E-state index in [1.54, 1.807) is 77.9 Å². The quantitative estimate of drug-likeness (QED) is 0.156. The summed E-state index contributed by atoms with van der Waals surface area (Å²) in [5.41, 5.74) is -0.812. The van der Waals surface area contributed by atoms with Gasteiger partial charge in [-0.2, -0.15) is 9.78 Å². The third kappa shape index (κ3) is 5.39. The van der Waals surface area contributed by atoms with Crippen LogP contribution in [0.5, 0.6) is 11.5 Å². The molecule has 0 atom stereocenters. The molecule has 9 nitrogen and oxygen atoms in total. The maximum absolute atomic E-state index is 13.2. The second-order valence-electron chi connectivity index (χ2n) is 11.5. The molecule has 2 aliphatic heterocycles. The zero-order valence-electron chi connectivity index (χ0n) is 23.0. The number of benzene rings is 3. The van der Waals surface area contributed by atoms with Crippen molar-refractivity contribution in [1.29, 1.82) is 0 Å². The van der Waals surface area contributed by atoms with E-state index in [0.717, 1.165) is 0 Å². The molecule has 41 heavy (non-hydrogen) atoms. The van der Waals surface area contributed by atoms with E-state index < -0.39 is 34.7 Å². The first-order valence-electron chi connectivity index (χ1n) is 12.6. The molecule has 0 saturated carbocycles. The van der Waals surface area contributed by atoms with Crippen LogP contribution in [0, 0.1) is 0 Å². The summed E-state index contributed by atoms with van der Waals surface area (Å²) >= 11 is 6.93. The minimum Gasteiger partial charge on any atom is -0.456 e. The largest absolute Gasteiger partial charge is 0.456 e. The molecule has 2 aliphatic rings. The zero-order valence-corrected chi connectivity index (χ0v) is 26.2. The van der Waals surface area contributed by atoms with Crippen LogP contribution in [-0.2, 0) is 29.9 Å². The molecule has 0 radical (unpaired) electrons. The fourth-order valence-electron chi connectivity index (χ4n) is 4.44. The van der Waals surface area contributed by atoms with Gasteiger partial charge in [-0.25, -0.2) is 14.4 Å². The predicted octanol–water partition coefficient (Wildman–Crippen LogP) is 7.55. The van der Waals surface area contributed by atoms with E-state index in [1.165, 1.54) is 12.1 Å². The molecule has 3 aromatic carbocycles. The van der Waals surface area contributed by atoms with Gasteiger partial charge >= 0.3 is 17.9 Å². The van der Waals surface area contributed by atoms with E-state index in [9.17, 15) is 14.4 Å². The van der Waals surface area contributed by atoms with Gasteiger partial charge in [-0.3, -0.25) is 9.78 Å². The number of rotatable bonds is 4. The van der Waals surface area contributed by atoms with Crippen LogP contribution in [0.1, 0.15) is 89.3 Å². The van der Waals surface area contributed by atoms with E-state index in [0.29, 0.717) is 31.2 Å². The van der Waals surface area contributed by atoms with Gasteiger partial charge in [0.25, 0.3) is 0 Å². The molecule has 0 fully saturated rings. The van der Waals surface area contributed by atoms with Crippen molar-refractivity contribution in [3.05, 3.63) is 90.9 Å². The number of halogens is 2. The summed E-state index contributed by atoms with van der Waals surface area (Å²) in [4.78, 5) is 59.6. The van der Waals surface area contributed by atoms with Crippen molar-refractivity contribution in [2.75, 3.05) is 0 Å². The molecule has 0 unspecified atom stereocenters. The highest BCUT2D eigenvalue weighted by atomic mass is 79.9. The van der Waals surface area contributed by atoms with Crippen molar-refractivity contribution < 1.29 is 43.4 Å².